The molecule has 0 amide bonds. The third-order valence-electron chi connectivity index (χ3n) is 2.72. The summed E-state index contributed by atoms with van der Waals surface area (Å²) in [6, 6.07) is 8.20. The van der Waals surface area contributed by atoms with Gasteiger partial charge in [-0.3, -0.25) is 0 Å². The van der Waals surface area contributed by atoms with E-state index in [1.165, 1.54) is 5.56 Å². The molecule has 18 heavy (non-hydrogen) atoms. The van der Waals surface area contributed by atoms with E-state index >= 15 is 0 Å². The molecule has 1 aromatic carbocycles. The Labute approximate surface area is 110 Å². The zero-order chi connectivity index (χ0) is 13.4. The van der Waals surface area contributed by atoms with Crippen molar-refractivity contribution in [3.8, 4) is 0 Å². The van der Waals surface area contributed by atoms with Crippen LogP contribution in [0.4, 0.5) is 0 Å². The summed E-state index contributed by atoms with van der Waals surface area (Å²) in [5.74, 6) is -1.06. The highest BCUT2D eigenvalue weighted by Crippen LogP contribution is 2.29. The fourth-order valence-corrected chi connectivity index (χ4v) is 1.89. The van der Waals surface area contributed by atoms with Gasteiger partial charge in [0, 0.05) is 25.4 Å². The lowest BCUT2D eigenvalue weighted by Gasteiger charge is -2.32. The third kappa shape index (κ3) is 3.55. The van der Waals surface area contributed by atoms with Gasteiger partial charge in [-0.05, 0) is 32.8 Å². The fraction of sp³-hybridized carbons (Fsp3) is 0.600. The Morgan fingerprint density at radius 3 is 1.56 bits per heavy atom. The average molecular weight is 252 g/mol. The van der Waals surface area contributed by atoms with Gasteiger partial charge in [0.15, 0.2) is 0 Å². The molecule has 0 unspecified atom stereocenters. The lowest BCUT2D eigenvalue weighted by molar-refractivity contribution is -0.389. The van der Waals surface area contributed by atoms with Crippen LogP contribution >= 0.6 is 0 Å². The van der Waals surface area contributed by atoms with E-state index in [4.69, 9.17) is 14.2 Å². The van der Waals surface area contributed by atoms with Crippen LogP contribution in [0.25, 0.3) is 0 Å². The smallest absolute Gasteiger partial charge is 0.311 e. The van der Waals surface area contributed by atoms with Crippen molar-refractivity contribution >= 4 is 0 Å². The van der Waals surface area contributed by atoms with E-state index in [1.54, 1.807) is 0 Å². The summed E-state index contributed by atoms with van der Waals surface area (Å²) in [4.78, 5) is 0. The van der Waals surface area contributed by atoms with E-state index in [0.29, 0.717) is 19.8 Å². The Bertz CT molecular complexity index is 315. The van der Waals surface area contributed by atoms with Crippen LogP contribution in [-0.2, 0) is 26.6 Å². The summed E-state index contributed by atoms with van der Waals surface area (Å²) in [5, 5.41) is 0. The maximum Gasteiger partial charge on any atom is 0.311 e. The molecule has 0 atom stereocenters. The van der Waals surface area contributed by atoms with Gasteiger partial charge < -0.3 is 14.2 Å². The van der Waals surface area contributed by atoms with Gasteiger partial charge in [0.2, 0.25) is 0 Å². The second kappa shape index (κ2) is 7.52. The maximum absolute atomic E-state index is 5.73. The van der Waals surface area contributed by atoms with E-state index in [9.17, 15) is 0 Å². The number of hydrogen-bond donors (Lipinski definition) is 0. The van der Waals surface area contributed by atoms with Crippen LogP contribution in [0.3, 0.4) is 0 Å². The van der Waals surface area contributed by atoms with E-state index in [1.807, 2.05) is 32.9 Å². The molecule has 102 valence electrons. The van der Waals surface area contributed by atoms with Gasteiger partial charge in [0.05, 0.1) is 0 Å². The molecule has 0 aromatic heterocycles. The minimum atomic E-state index is -1.06. The number of benzene rings is 1. The molecule has 0 aliphatic rings. The number of rotatable bonds is 8. The molecule has 0 heterocycles. The topological polar surface area (TPSA) is 27.7 Å². The molecule has 1 rings (SSSR count). The zero-order valence-corrected chi connectivity index (χ0v) is 11.9. The molecule has 1 aromatic rings. The zero-order valence-electron chi connectivity index (χ0n) is 11.9. The first-order valence-corrected chi connectivity index (χ1v) is 6.73. The average Bonchev–Trinajstić information content (AvgIpc) is 2.39. The van der Waals surface area contributed by atoms with E-state index in [0.717, 1.165) is 12.0 Å². The SMILES string of the molecule is CCOC(OCC)(OCC)c1ccc(CC)cc1. The highest BCUT2D eigenvalue weighted by molar-refractivity contribution is 5.24. The fourth-order valence-electron chi connectivity index (χ4n) is 1.89. The first kappa shape index (κ1) is 15.2. The quantitative estimate of drug-likeness (QED) is 0.663. The van der Waals surface area contributed by atoms with E-state index in [2.05, 4.69) is 19.1 Å². The van der Waals surface area contributed by atoms with Crippen LogP contribution in [0.2, 0.25) is 0 Å². The van der Waals surface area contributed by atoms with Gasteiger partial charge in [0.1, 0.15) is 0 Å². The third-order valence-corrected chi connectivity index (χ3v) is 2.72. The molecule has 0 aliphatic heterocycles. The molecule has 3 heteroatoms. The molecule has 0 spiro atoms. The largest absolute Gasteiger partial charge is 0.324 e. The van der Waals surface area contributed by atoms with Gasteiger partial charge in [-0.2, -0.15) is 0 Å². The molecule has 0 radical (unpaired) electrons. The lowest BCUT2D eigenvalue weighted by Crippen LogP contribution is -2.36. The van der Waals surface area contributed by atoms with Crippen LogP contribution < -0.4 is 0 Å². The van der Waals surface area contributed by atoms with Crippen LogP contribution in [0, 0.1) is 0 Å². The first-order chi connectivity index (χ1) is 8.72. The van der Waals surface area contributed by atoms with E-state index in [-0.39, 0.29) is 0 Å². The number of aryl methyl sites for hydroxylation is 1. The van der Waals surface area contributed by atoms with Crippen LogP contribution in [0.15, 0.2) is 24.3 Å². The Morgan fingerprint density at radius 1 is 0.778 bits per heavy atom. The van der Waals surface area contributed by atoms with Crippen molar-refractivity contribution < 1.29 is 14.2 Å². The van der Waals surface area contributed by atoms with Crippen molar-refractivity contribution in [1.29, 1.82) is 0 Å². The van der Waals surface area contributed by atoms with Gasteiger partial charge in [-0.25, -0.2) is 0 Å². The molecule has 0 aliphatic carbocycles. The Hall–Kier alpha value is -0.900. The highest BCUT2D eigenvalue weighted by atomic mass is 16.9. The van der Waals surface area contributed by atoms with Crippen LogP contribution in [0.5, 0.6) is 0 Å². The summed E-state index contributed by atoms with van der Waals surface area (Å²) >= 11 is 0. The summed E-state index contributed by atoms with van der Waals surface area (Å²) in [7, 11) is 0. The molecular weight excluding hydrogens is 228 g/mol. The van der Waals surface area contributed by atoms with Crippen molar-refractivity contribution in [2.75, 3.05) is 19.8 Å². The van der Waals surface area contributed by atoms with Crippen molar-refractivity contribution in [3.05, 3.63) is 35.4 Å². The Morgan fingerprint density at radius 2 is 1.22 bits per heavy atom. The molecule has 0 saturated heterocycles. The summed E-state index contributed by atoms with van der Waals surface area (Å²) in [6.07, 6.45) is 1.02. The molecule has 0 N–H and O–H groups in total. The van der Waals surface area contributed by atoms with Crippen molar-refractivity contribution in [3.63, 3.8) is 0 Å². The van der Waals surface area contributed by atoms with Gasteiger partial charge >= 0.3 is 5.97 Å². The van der Waals surface area contributed by atoms with Gasteiger partial charge in [0.25, 0.3) is 0 Å². The van der Waals surface area contributed by atoms with Gasteiger partial charge in [-0.15, -0.1) is 0 Å². The van der Waals surface area contributed by atoms with Crippen LogP contribution in [-0.4, -0.2) is 19.8 Å². The van der Waals surface area contributed by atoms with Crippen molar-refractivity contribution in [1.82, 2.24) is 0 Å². The summed E-state index contributed by atoms with van der Waals surface area (Å²) in [5.41, 5.74) is 2.20. The number of hydrogen-bond acceptors (Lipinski definition) is 3. The molecule has 3 nitrogen and oxygen atoms in total. The number of ether oxygens (including phenoxy) is 3. The summed E-state index contributed by atoms with van der Waals surface area (Å²) < 4.78 is 17.2. The van der Waals surface area contributed by atoms with Crippen molar-refractivity contribution in [2.24, 2.45) is 0 Å². The Kier molecular flexibility index (Phi) is 6.33. The summed E-state index contributed by atoms with van der Waals surface area (Å²) in [6.45, 7) is 9.56. The van der Waals surface area contributed by atoms with Crippen LogP contribution in [0.1, 0.15) is 38.8 Å². The second-order valence-electron chi connectivity index (χ2n) is 3.91. The minimum Gasteiger partial charge on any atom is -0.324 e. The maximum atomic E-state index is 5.73. The van der Waals surface area contributed by atoms with E-state index < -0.39 is 5.97 Å². The standard InChI is InChI=1S/C15H24O3/c1-5-13-9-11-14(12-10-13)15(16-6-2,17-7-3)18-8-4/h9-12H,5-8H2,1-4H3. The lowest BCUT2D eigenvalue weighted by atomic mass is 10.1. The minimum absolute atomic E-state index is 0.537. The monoisotopic (exact) mass is 252 g/mol. The highest BCUT2D eigenvalue weighted by Gasteiger charge is 2.34. The first-order valence-electron chi connectivity index (χ1n) is 6.73. The second-order valence-corrected chi connectivity index (χ2v) is 3.91. The normalized spacial score (nSPS) is 11.8. The molecule has 0 fully saturated rings. The predicted molar refractivity (Wildman–Crippen MR) is 72.4 cm³/mol. The molecular formula is C15H24O3. The van der Waals surface area contributed by atoms with Crippen molar-refractivity contribution in [2.45, 2.75) is 40.1 Å². The molecule has 0 saturated carbocycles. The Balaban J connectivity index is 3.04. The predicted octanol–water partition coefficient (Wildman–Crippen LogP) is 3.47. The molecule has 0 bridgehead atoms. The van der Waals surface area contributed by atoms with Gasteiger partial charge in [-0.1, -0.05) is 31.2 Å².